The summed E-state index contributed by atoms with van der Waals surface area (Å²) in [5, 5.41) is 3.79. The number of ketones is 1. The Morgan fingerprint density at radius 3 is 3.00 bits per heavy atom. The highest BCUT2D eigenvalue weighted by Crippen LogP contribution is 2.13. The zero-order chi connectivity index (χ0) is 10.7. The third-order valence-electron chi connectivity index (χ3n) is 2.00. The average molecular weight is 282 g/mol. The summed E-state index contributed by atoms with van der Waals surface area (Å²) in [5.41, 5.74) is 1.76. The van der Waals surface area contributed by atoms with E-state index >= 15 is 0 Å². The van der Waals surface area contributed by atoms with Crippen molar-refractivity contribution in [1.82, 2.24) is 4.98 Å². The fourth-order valence-corrected chi connectivity index (χ4v) is 2.34. The van der Waals surface area contributed by atoms with E-state index in [1.165, 1.54) is 11.3 Å². The summed E-state index contributed by atoms with van der Waals surface area (Å²) in [6.07, 6.45) is 2.12. The van der Waals surface area contributed by atoms with Crippen molar-refractivity contribution in [3.05, 3.63) is 50.9 Å². The minimum Gasteiger partial charge on any atom is -0.294 e. The summed E-state index contributed by atoms with van der Waals surface area (Å²) in [5.74, 6) is 0.148. The molecule has 2 aromatic rings. The Kier molecular flexibility index (Phi) is 3.28. The van der Waals surface area contributed by atoms with Gasteiger partial charge >= 0.3 is 0 Å². The largest absolute Gasteiger partial charge is 0.294 e. The molecule has 76 valence electrons. The monoisotopic (exact) mass is 281 g/mol. The van der Waals surface area contributed by atoms with Gasteiger partial charge in [0.25, 0.3) is 0 Å². The quantitative estimate of drug-likeness (QED) is 0.638. The predicted molar refractivity (Wildman–Crippen MR) is 64.3 cm³/mol. The number of rotatable bonds is 3. The number of nitrogens with zero attached hydrogens (tertiary/aromatic N) is 1. The molecule has 15 heavy (non-hydrogen) atoms. The van der Waals surface area contributed by atoms with Crippen molar-refractivity contribution in [2.24, 2.45) is 0 Å². The molecule has 0 fully saturated rings. The molecule has 0 amide bonds. The van der Waals surface area contributed by atoms with E-state index in [1.807, 2.05) is 29.0 Å². The molecule has 0 saturated carbocycles. The second-order valence-electron chi connectivity index (χ2n) is 3.10. The van der Waals surface area contributed by atoms with Crippen molar-refractivity contribution >= 4 is 33.0 Å². The number of halogens is 1. The molecule has 0 aliphatic rings. The Bertz CT molecular complexity index is 467. The van der Waals surface area contributed by atoms with Gasteiger partial charge in [-0.05, 0) is 45.1 Å². The molecule has 0 unspecified atom stereocenters. The molecule has 2 heterocycles. The van der Waals surface area contributed by atoms with Gasteiger partial charge in [-0.15, -0.1) is 0 Å². The number of pyridine rings is 1. The zero-order valence-corrected chi connectivity index (χ0v) is 10.2. The molecular formula is C11H8BrNOS. The van der Waals surface area contributed by atoms with Gasteiger partial charge in [0.05, 0.1) is 0 Å². The summed E-state index contributed by atoms with van der Waals surface area (Å²) in [7, 11) is 0. The molecule has 2 aromatic heterocycles. The lowest BCUT2D eigenvalue weighted by atomic mass is 10.1. The highest BCUT2D eigenvalue weighted by atomic mass is 79.9. The highest BCUT2D eigenvalue weighted by Gasteiger charge is 2.07. The van der Waals surface area contributed by atoms with Crippen LogP contribution in [0.4, 0.5) is 0 Å². The molecule has 0 atom stereocenters. The SMILES string of the molecule is O=C(Cc1ccnc(Br)c1)c1ccsc1. The van der Waals surface area contributed by atoms with E-state index in [9.17, 15) is 4.79 Å². The lowest BCUT2D eigenvalue weighted by Gasteiger charge is -1.99. The number of carbonyl (C=O) groups is 1. The molecule has 0 spiro atoms. The van der Waals surface area contributed by atoms with Gasteiger partial charge in [0.1, 0.15) is 4.60 Å². The van der Waals surface area contributed by atoms with Gasteiger partial charge in [-0.25, -0.2) is 4.98 Å². The first-order valence-corrected chi connectivity index (χ1v) is 6.15. The number of hydrogen-bond acceptors (Lipinski definition) is 3. The van der Waals surface area contributed by atoms with E-state index in [2.05, 4.69) is 20.9 Å². The minimum atomic E-state index is 0.148. The van der Waals surface area contributed by atoms with E-state index < -0.39 is 0 Å². The standard InChI is InChI=1S/C11H8BrNOS/c12-11-6-8(1-3-13-11)5-10(14)9-2-4-15-7-9/h1-4,6-7H,5H2. The number of Topliss-reactive ketones (excluding diaryl/α,β-unsaturated/α-hetero) is 1. The molecule has 0 aliphatic heterocycles. The fourth-order valence-electron chi connectivity index (χ4n) is 1.26. The van der Waals surface area contributed by atoms with Crippen LogP contribution in [0.25, 0.3) is 0 Å². The first kappa shape index (κ1) is 10.5. The van der Waals surface area contributed by atoms with E-state index in [1.54, 1.807) is 6.20 Å². The topological polar surface area (TPSA) is 30.0 Å². The van der Waals surface area contributed by atoms with Crippen LogP contribution in [0.15, 0.2) is 39.8 Å². The average Bonchev–Trinajstić information content (AvgIpc) is 2.70. The van der Waals surface area contributed by atoms with Crippen molar-refractivity contribution in [3.63, 3.8) is 0 Å². The van der Waals surface area contributed by atoms with E-state index in [4.69, 9.17) is 0 Å². The van der Waals surface area contributed by atoms with Crippen molar-refractivity contribution in [3.8, 4) is 0 Å². The van der Waals surface area contributed by atoms with Crippen LogP contribution in [-0.2, 0) is 6.42 Å². The summed E-state index contributed by atoms with van der Waals surface area (Å²) in [6, 6.07) is 5.57. The molecule has 2 nitrogen and oxygen atoms in total. The van der Waals surface area contributed by atoms with Gasteiger partial charge in [0.2, 0.25) is 0 Å². The molecular weight excluding hydrogens is 274 g/mol. The van der Waals surface area contributed by atoms with Crippen LogP contribution < -0.4 is 0 Å². The second kappa shape index (κ2) is 4.68. The number of carbonyl (C=O) groups excluding carboxylic acids is 1. The third-order valence-corrected chi connectivity index (χ3v) is 3.12. The Morgan fingerprint density at radius 2 is 2.33 bits per heavy atom. The lowest BCUT2D eigenvalue weighted by molar-refractivity contribution is 0.0993. The number of thiophene rings is 1. The Hall–Kier alpha value is -1.00. The Morgan fingerprint density at radius 1 is 1.47 bits per heavy atom. The van der Waals surface area contributed by atoms with Gasteiger partial charge in [-0.2, -0.15) is 11.3 Å². The van der Waals surface area contributed by atoms with Crippen LogP contribution in [-0.4, -0.2) is 10.8 Å². The molecule has 0 saturated heterocycles. The van der Waals surface area contributed by atoms with E-state index in [-0.39, 0.29) is 5.78 Å². The molecule has 0 aromatic carbocycles. The van der Waals surface area contributed by atoms with Gasteiger partial charge < -0.3 is 0 Å². The van der Waals surface area contributed by atoms with Crippen LogP contribution in [0.2, 0.25) is 0 Å². The van der Waals surface area contributed by atoms with Crippen molar-refractivity contribution < 1.29 is 4.79 Å². The van der Waals surface area contributed by atoms with Gasteiger partial charge in [-0.1, -0.05) is 0 Å². The normalized spacial score (nSPS) is 10.2. The number of hydrogen-bond donors (Lipinski definition) is 0. The summed E-state index contributed by atoms with van der Waals surface area (Å²) in [6.45, 7) is 0. The predicted octanol–water partition coefficient (Wildman–Crippen LogP) is 3.33. The molecule has 0 N–H and O–H groups in total. The minimum absolute atomic E-state index is 0.148. The third kappa shape index (κ3) is 2.73. The molecule has 0 radical (unpaired) electrons. The maximum Gasteiger partial charge on any atom is 0.168 e. The van der Waals surface area contributed by atoms with Crippen LogP contribution in [0.3, 0.4) is 0 Å². The maximum atomic E-state index is 11.8. The second-order valence-corrected chi connectivity index (χ2v) is 4.69. The molecule has 0 aliphatic carbocycles. The Labute approximate surface area is 100 Å². The van der Waals surface area contributed by atoms with Crippen LogP contribution in [0.1, 0.15) is 15.9 Å². The highest BCUT2D eigenvalue weighted by molar-refractivity contribution is 9.10. The van der Waals surface area contributed by atoms with Gasteiger partial charge in [0.15, 0.2) is 5.78 Å². The van der Waals surface area contributed by atoms with Crippen LogP contribution in [0.5, 0.6) is 0 Å². The number of aromatic nitrogens is 1. The first-order chi connectivity index (χ1) is 7.25. The Balaban J connectivity index is 2.13. The van der Waals surface area contributed by atoms with E-state index in [0.29, 0.717) is 6.42 Å². The molecule has 4 heteroatoms. The fraction of sp³-hybridized carbons (Fsp3) is 0.0909. The summed E-state index contributed by atoms with van der Waals surface area (Å²) >= 11 is 4.82. The van der Waals surface area contributed by atoms with Crippen molar-refractivity contribution in [2.75, 3.05) is 0 Å². The smallest absolute Gasteiger partial charge is 0.168 e. The maximum absolute atomic E-state index is 11.8. The van der Waals surface area contributed by atoms with Gasteiger partial charge in [0, 0.05) is 23.6 Å². The van der Waals surface area contributed by atoms with Crippen molar-refractivity contribution in [1.29, 1.82) is 0 Å². The first-order valence-electron chi connectivity index (χ1n) is 4.41. The van der Waals surface area contributed by atoms with Crippen LogP contribution >= 0.6 is 27.3 Å². The molecule has 0 bridgehead atoms. The van der Waals surface area contributed by atoms with Crippen LogP contribution in [0, 0.1) is 0 Å². The van der Waals surface area contributed by atoms with Gasteiger partial charge in [-0.3, -0.25) is 4.79 Å². The van der Waals surface area contributed by atoms with E-state index in [0.717, 1.165) is 15.7 Å². The zero-order valence-electron chi connectivity index (χ0n) is 7.81. The summed E-state index contributed by atoms with van der Waals surface area (Å²) < 4.78 is 0.762. The lowest BCUT2D eigenvalue weighted by Crippen LogP contribution is -2.01. The van der Waals surface area contributed by atoms with Crippen molar-refractivity contribution in [2.45, 2.75) is 6.42 Å². The summed E-state index contributed by atoms with van der Waals surface area (Å²) in [4.78, 5) is 15.8. The molecule has 2 rings (SSSR count).